The Hall–Kier alpha value is -1.75. The van der Waals surface area contributed by atoms with Gasteiger partial charge in [0.15, 0.2) is 11.5 Å². The molecule has 1 fully saturated rings. The molecule has 19 heavy (non-hydrogen) atoms. The summed E-state index contributed by atoms with van der Waals surface area (Å²) in [5.74, 6) is 0.576. The first kappa shape index (κ1) is 13.7. The van der Waals surface area contributed by atoms with Crippen LogP contribution in [-0.4, -0.2) is 37.4 Å². The van der Waals surface area contributed by atoms with Gasteiger partial charge in [-0.15, -0.1) is 0 Å². The summed E-state index contributed by atoms with van der Waals surface area (Å²) in [6, 6.07) is 4.67. The van der Waals surface area contributed by atoms with Crippen LogP contribution in [0.5, 0.6) is 11.5 Å². The number of phenolic OH excluding ortho intramolecular Hbond substituents is 1. The lowest BCUT2D eigenvalue weighted by Crippen LogP contribution is -2.29. The number of carbonyl (C=O) groups excluding carboxylic acids is 1. The van der Waals surface area contributed by atoms with E-state index in [1.54, 1.807) is 12.1 Å². The lowest BCUT2D eigenvalue weighted by atomic mass is 10.1. The molecule has 0 saturated carbocycles. The van der Waals surface area contributed by atoms with E-state index >= 15 is 0 Å². The van der Waals surface area contributed by atoms with Gasteiger partial charge in [-0.05, 0) is 31.5 Å². The van der Waals surface area contributed by atoms with Crippen LogP contribution in [0.15, 0.2) is 18.2 Å². The number of rotatable bonds is 5. The molecule has 0 spiro atoms. The van der Waals surface area contributed by atoms with Crippen molar-refractivity contribution in [2.24, 2.45) is 5.92 Å². The SMILES string of the molecule is CCOc1ccc(C(=O)NCC2CCOC2)cc1O. The molecule has 1 aromatic rings. The molecule has 1 heterocycles. The van der Waals surface area contributed by atoms with E-state index < -0.39 is 0 Å². The maximum atomic E-state index is 11.9. The first-order valence-electron chi connectivity index (χ1n) is 6.52. The van der Waals surface area contributed by atoms with Crippen molar-refractivity contribution in [2.45, 2.75) is 13.3 Å². The van der Waals surface area contributed by atoms with Crippen LogP contribution in [0.2, 0.25) is 0 Å². The smallest absolute Gasteiger partial charge is 0.251 e. The molecule has 1 aromatic carbocycles. The molecule has 1 amide bonds. The number of hydrogen-bond acceptors (Lipinski definition) is 4. The Morgan fingerprint density at radius 3 is 3.05 bits per heavy atom. The highest BCUT2D eigenvalue weighted by Crippen LogP contribution is 2.26. The van der Waals surface area contributed by atoms with E-state index in [1.807, 2.05) is 6.92 Å². The second kappa shape index (κ2) is 6.43. The Morgan fingerprint density at radius 1 is 1.58 bits per heavy atom. The normalized spacial score (nSPS) is 18.3. The zero-order valence-corrected chi connectivity index (χ0v) is 11.0. The number of ether oxygens (including phenoxy) is 2. The van der Waals surface area contributed by atoms with Crippen LogP contribution in [0.4, 0.5) is 0 Å². The summed E-state index contributed by atoms with van der Waals surface area (Å²) in [6.07, 6.45) is 0.981. The van der Waals surface area contributed by atoms with E-state index in [1.165, 1.54) is 6.07 Å². The molecule has 2 rings (SSSR count). The minimum absolute atomic E-state index is 0.0151. The lowest BCUT2D eigenvalue weighted by molar-refractivity contribution is 0.0944. The summed E-state index contributed by atoms with van der Waals surface area (Å²) in [6.45, 7) is 4.39. The molecule has 0 aliphatic carbocycles. The predicted molar refractivity (Wildman–Crippen MR) is 70.5 cm³/mol. The average molecular weight is 265 g/mol. The van der Waals surface area contributed by atoms with Gasteiger partial charge in [-0.25, -0.2) is 0 Å². The van der Waals surface area contributed by atoms with Gasteiger partial charge in [0, 0.05) is 24.6 Å². The molecular formula is C14H19NO4. The van der Waals surface area contributed by atoms with Crippen LogP contribution < -0.4 is 10.1 Å². The highest BCUT2D eigenvalue weighted by molar-refractivity contribution is 5.94. The van der Waals surface area contributed by atoms with E-state index in [4.69, 9.17) is 9.47 Å². The number of amides is 1. The van der Waals surface area contributed by atoms with Gasteiger partial charge in [0.05, 0.1) is 13.2 Å². The van der Waals surface area contributed by atoms with Crippen LogP contribution in [0.3, 0.4) is 0 Å². The predicted octanol–water partition coefficient (Wildman–Crippen LogP) is 1.56. The van der Waals surface area contributed by atoms with Crippen molar-refractivity contribution >= 4 is 5.91 Å². The molecule has 104 valence electrons. The minimum Gasteiger partial charge on any atom is -0.504 e. The standard InChI is InChI=1S/C14H19NO4/c1-2-19-13-4-3-11(7-12(13)16)14(17)15-8-10-5-6-18-9-10/h3-4,7,10,16H,2,5-6,8-9H2,1H3,(H,15,17). The summed E-state index contributed by atoms with van der Waals surface area (Å²) < 4.78 is 10.5. The molecular weight excluding hydrogens is 246 g/mol. The topological polar surface area (TPSA) is 67.8 Å². The molecule has 5 heteroatoms. The largest absolute Gasteiger partial charge is 0.504 e. The van der Waals surface area contributed by atoms with Crippen molar-refractivity contribution < 1.29 is 19.4 Å². The monoisotopic (exact) mass is 265 g/mol. The van der Waals surface area contributed by atoms with E-state index in [-0.39, 0.29) is 11.7 Å². The third-order valence-electron chi connectivity index (χ3n) is 3.10. The quantitative estimate of drug-likeness (QED) is 0.847. The lowest BCUT2D eigenvalue weighted by Gasteiger charge is -2.11. The number of phenols is 1. The second-order valence-electron chi connectivity index (χ2n) is 4.56. The van der Waals surface area contributed by atoms with Gasteiger partial charge in [-0.2, -0.15) is 0 Å². The van der Waals surface area contributed by atoms with Gasteiger partial charge in [0.25, 0.3) is 5.91 Å². The molecule has 0 bridgehead atoms. The van der Waals surface area contributed by atoms with E-state index in [0.717, 1.165) is 13.0 Å². The number of nitrogens with one attached hydrogen (secondary N) is 1. The van der Waals surface area contributed by atoms with E-state index in [0.29, 0.717) is 37.0 Å². The van der Waals surface area contributed by atoms with Crippen molar-refractivity contribution in [3.8, 4) is 11.5 Å². The van der Waals surface area contributed by atoms with Gasteiger partial charge < -0.3 is 19.9 Å². The van der Waals surface area contributed by atoms with Crippen LogP contribution in [-0.2, 0) is 4.74 Å². The Labute approximate surface area is 112 Å². The van der Waals surface area contributed by atoms with E-state index in [9.17, 15) is 9.90 Å². The summed E-state index contributed by atoms with van der Waals surface area (Å²) in [4.78, 5) is 11.9. The molecule has 1 atom stereocenters. The summed E-state index contributed by atoms with van der Waals surface area (Å²) in [5.41, 5.74) is 0.430. The molecule has 0 radical (unpaired) electrons. The number of hydrogen-bond donors (Lipinski definition) is 2. The van der Waals surface area contributed by atoms with E-state index in [2.05, 4.69) is 5.32 Å². The highest BCUT2D eigenvalue weighted by Gasteiger charge is 2.17. The van der Waals surface area contributed by atoms with Gasteiger partial charge in [-0.3, -0.25) is 4.79 Å². The molecule has 5 nitrogen and oxygen atoms in total. The minimum atomic E-state index is -0.190. The fourth-order valence-electron chi connectivity index (χ4n) is 2.02. The van der Waals surface area contributed by atoms with Crippen molar-refractivity contribution in [1.29, 1.82) is 0 Å². The van der Waals surface area contributed by atoms with Crippen molar-refractivity contribution in [2.75, 3.05) is 26.4 Å². The van der Waals surface area contributed by atoms with Crippen molar-refractivity contribution in [3.63, 3.8) is 0 Å². The van der Waals surface area contributed by atoms with Crippen molar-refractivity contribution in [3.05, 3.63) is 23.8 Å². The fourth-order valence-corrected chi connectivity index (χ4v) is 2.02. The van der Waals surface area contributed by atoms with Gasteiger partial charge in [0.1, 0.15) is 0 Å². The Morgan fingerprint density at radius 2 is 2.42 bits per heavy atom. The van der Waals surface area contributed by atoms with Crippen LogP contribution in [0.1, 0.15) is 23.7 Å². The molecule has 1 aliphatic rings. The summed E-state index contributed by atoms with van der Waals surface area (Å²) in [5, 5.41) is 12.6. The molecule has 0 aromatic heterocycles. The van der Waals surface area contributed by atoms with Crippen molar-refractivity contribution in [1.82, 2.24) is 5.32 Å². The highest BCUT2D eigenvalue weighted by atomic mass is 16.5. The molecule has 1 saturated heterocycles. The van der Waals surface area contributed by atoms with Gasteiger partial charge in [-0.1, -0.05) is 0 Å². The Kier molecular flexibility index (Phi) is 4.63. The van der Waals surface area contributed by atoms with Gasteiger partial charge >= 0.3 is 0 Å². The Bertz CT molecular complexity index is 441. The maximum absolute atomic E-state index is 11.9. The third kappa shape index (κ3) is 3.61. The van der Waals surface area contributed by atoms with Crippen LogP contribution >= 0.6 is 0 Å². The zero-order chi connectivity index (χ0) is 13.7. The third-order valence-corrected chi connectivity index (χ3v) is 3.10. The molecule has 1 unspecified atom stereocenters. The van der Waals surface area contributed by atoms with Crippen LogP contribution in [0, 0.1) is 5.92 Å². The first-order chi connectivity index (χ1) is 9.20. The Balaban J connectivity index is 1.92. The molecule has 1 aliphatic heterocycles. The maximum Gasteiger partial charge on any atom is 0.251 e. The summed E-state index contributed by atoms with van der Waals surface area (Å²) in [7, 11) is 0. The number of carbonyl (C=O) groups is 1. The number of aromatic hydroxyl groups is 1. The zero-order valence-electron chi connectivity index (χ0n) is 11.0. The summed E-state index contributed by atoms with van der Waals surface area (Å²) >= 11 is 0. The van der Waals surface area contributed by atoms with Gasteiger partial charge in [0.2, 0.25) is 0 Å². The van der Waals surface area contributed by atoms with Crippen LogP contribution in [0.25, 0.3) is 0 Å². The number of benzene rings is 1. The fraction of sp³-hybridized carbons (Fsp3) is 0.500. The first-order valence-corrected chi connectivity index (χ1v) is 6.52. The average Bonchev–Trinajstić information content (AvgIpc) is 2.91. The second-order valence-corrected chi connectivity index (χ2v) is 4.56. The molecule has 2 N–H and O–H groups in total.